The van der Waals surface area contributed by atoms with Gasteiger partial charge in [0.1, 0.15) is 5.82 Å². The first-order chi connectivity index (χ1) is 9.13. The fourth-order valence-corrected chi connectivity index (χ4v) is 2.21. The summed E-state index contributed by atoms with van der Waals surface area (Å²) in [5, 5.41) is 5.41. The number of nitrogens with zero attached hydrogens (tertiary/aromatic N) is 2. The molecule has 0 aliphatic heterocycles. The minimum atomic E-state index is -0.212. The Labute approximate surface area is 110 Å². The summed E-state index contributed by atoms with van der Waals surface area (Å²) in [7, 11) is 0. The van der Waals surface area contributed by atoms with E-state index >= 15 is 0 Å². The number of fused-ring (bicyclic) bond motifs is 1. The lowest BCUT2D eigenvalue weighted by Gasteiger charge is -2.07. The van der Waals surface area contributed by atoms with Crippen molar-refractivity contribution >= 4 is 16.6 Å². The standard InChI is InChI=1S/C15H14FN3/c1-10-6-13(16)4-2-12(10)9-19-15-7-14(17)5-3-11(15)8-18-19/h2-8H,9,17H2,1H3. The second-order valence-electron chi connectivity index (χ2n) is 4.69. The Morgan fingerprint density at radius 1 is 1.21 bits per heavy atom. The number of aromatic nitrogens is 2. The van der Waals surface area contributed by atoms with E-state index in [1.54, 1.807) is 6.07 Å². The monoisotopic (exact) mass is 255 g/mol. The summed E-state index contributed by atoms with van der Waals surface area (Å²) in [5.41, 5.74) is 9.48. The molecule has 3 nitrogen and oxygen atoms in total. The van der Waals surface area contributed by atoms with Crippen LogP contribution in [-0.4, -0.2) is 9.78 Å². The number of halogens is 1. The molecule has 0 radical (unpaired) electrons. The van der Waals surface area contributed by atoms with Crippen molar-refractivity contribution in [2.45, 2.75) is 13.5 Å². The first-order valence-corrected chi connectivity index (χ1v) is 6.09. The fourth-order valence-electron chi connectivity index (χ4n) is 2.21. The van der Waals surface area contributed by atoms with Gasteiger partial charge in [0, 0.05) is 11.1 Å². The lowest BCUT2D eigenvalue weighted by Crippen LogP contribution is -2.03. The lowest BCUT2D eigenvalue weighted by atomic mass is 10.1. The molecule has 1 heterocycles. The van der Waals surface area contributed by atoms with E-state index in [2.05, 4.69) is 5.10 Å². The predicted octanol–water partition coefficient (Wildman–Crippen LogP) is 3.11. The number of benzene rings is 2. The van der Waals surface area contributed by atoms with Gasteiger partial charge in [-0.25, -0.2) is 4.39 Å². The Balaban J connectivity index is 2.03. The predicted molar refractivity (Wildman–Crippen MR) is 74.4 cm³/mol. The Morgan fingerprint density at radius 2 is 2.05 bits per heavy atom. The van der Waals surface area contributed by atoms with E-state index in [0.29, 0.717) is 12.2 Å². The van der Waals surface area contributed by atoms with Gasteiger partial charge in [0.15, 0.2) is 0 Å². The highest BCUT2D eigenvalue weighted by Gasteiger charge is 2.06. The summed E-state index contributed by atoms with van der Waals surface area (Å²) in [5.74, 6) is -0.212. The molecule has 0 unspecified atom stereocenters. The summed E-state index contributed by atoms with van der Waals surface area (Å²) in [6.07, 6.45) is 1.81. The molecule has 3 aromatic rings. The summed E-state index contributed by atoms with van der Waals surface area (Å²) < 4.78 is 15.0. The number of aryl methyl sites for hydroxylation is 1. The van der Waals surface area contributed by atoms with Gasteiger partial charge in [0.25, 0.3) is 0 Å². The molecular weight excluding hydrogens is 241 g/mol. The first-order valence-electron chi connectivity index (χ1n) is 6.09. The van der Waals surface area contributed by atoms with Crippen molar-refractivity contribution in [1.82, 2.24) is 9.78 Å². The van der Waals surface area contributed by atoms with Crippen molar-refractivity contribution in [2.24, 2.45) is 0 Å². The third-order valence-electron chi connectivity index (χ3n) is 3.29. The molecule has 4 heteroatoms. The van der Waals surface area contributed by atoms with Crippen LogP contribution in [0, 0.1) is 12.7 Å². The molecule has 19 heavy (non-hydrogen) atoms. The molecule has 0 atom stereocenters. The molecular formula is C15H14FN3. The summed E-state index contributed by atoms with van der Waals surface area (Å²) in [6, 6.07) is 10.5. The Hall–Kier alpha value is -2.36. The van der Waals surface area contributed by atoms with Crippen LogP contribution in [-0.2, 0) is 6.54 Å². The highest BCUT2D eigenvalue weighted by Crippen LogP contribution is 2.19. The molecule has 96 valence electrons. The van der Waals surface area contributed by atoms with Gasteiger partial charge in [-0.1, -0.05) is 6.07 Å². The van der Waals surface area contributed by atoms with Gasteiger partial charge >= 0.3 is 0 Å². The number of rotatable bonds is 2. The Kier molecular flexibility index (Phi) is 2.71. The van der Waals surface area contributed by atoms with Crippen LogP contribution in [0.25, 0.3) is 10.9 Å². The van der Waals surface area contributed by atoms with Gasteiger partial charge in [-0.05, 0) is 48.4 Å². The van der Waals surface area contributed by atoms with Crippen molar-refractivity contribution < 1.29 is 4.39 Å². The van der Waals surface area contributed by atoms with Gasteiger partial charge < -0.3 is 5.73 Å². The van der Waals surface area contributed by atoms with Crippen molar-refractivity contribution in [3.8, 4) is 0 Å². The minimum absolute atomic E-state index is 0.212. The average Bonchev–Trinajstić information content (AvgIpc) is 2.75. The van der Waals surface area contributed by atoms with E-state index in [-0.39, 0.29) is 5.82 Å². The quantitative estimate of drug-likeness (QED) is 0.715. The number of hydrogen-bond acceptors (Lipinski definition) is 2. The number of nitrogen functional groups attached to an aromatic ring is 1. The Bertz CT molecular complexity index is 746. The largest absolute Gasteiger partial charge is 0.399 e. The van der Waals surface area contributed by atoms with E-state index in [0.717, 1.165) is 22.0 Å². The highest BCUT2D eigenvalue weighted by atomic mass is 19.1. The molecule has 0 spiro atoms. The van der Waals surface area contributed by atoms with Crippen LogP contribution in [0.2, 0.25) is 0 Å². The highest BCUT2D eigenvalue weighted by molar-refractivity contribution is 5.81. The van der Waals surface area contributed by atoms with Gasteiger partial charge in [-0.2, -0.15) is 5.10 Å². The first kappa shape index (κ1) is 11.7. The summed E-state index contributed by atoms with van der Waals surface area (Å²) >= 11 is 0. The number of hydrogen-bond donors (Lipinski definition) is 1. The van der Waals surface area contributed by atoms with Crippen molar-refractivity contribution in [3.05, 3.63) is 59.5 Å². The van der Waals surface area contributed by atoms with E-state index in [9.17, 15) is 4.39 Å². The summed E-state index contributed by atoms with van der Waals surface area (Å²) in [6.45, 7) is 2.51. The molecule has 0 saturated heterocycles. The zero-order valence-corrected chi connectivity index (χ0v) is 10.6. The Morgan fingerprint density at radius 3 is 2.84 bits per heavy atom. The second-order valence-corrected chi connectivity index (χ2v) is 4.69. The zero-order chi connectivity index (χ0) is 13.4. The third kappa shape index (κ3) is 2.17. The molecule has 2 N–H and O–H groups in total. The molecule has 0 bridgehead atoms. The molecule has 0 fully saturated rings. The van der Waals surface area contributed by atoms with E-state index in [1.165, 1.54) is 12.1 Å². The van der Waals surface area contributed by atoms with Crippen LogP contribution >= 0.6 is 0 Å². The van der Waals surface area contributed by atoms with Gasteiger partial charge in [-0.15, -0.1) is 0 Å². The van der Waals surface area contributed by atoms with Crippen molar-refractivity contribution in [2.75, 3.05) is 5.73 Å². The summed E-state index contributed by atoms with van der Waals surface area (Å²) in [4.78, 5) is 0. The number of anilines is 1. The maximum Gasteiger partial charge on any atom is 0.123 e. The SMILES string of the molecule is Cc1cc(F)ccc1Cn1ncc2ccc(N)cc21. The smallest absolute Gasteiger partial charge is 0.123 e. The number of nitrogens with two attached hydrogens (primary N) is 1. The van der Waals surface area contributed by atoms with Crippen LogP contribution in [0.5, 0.6) is 0 Å². The van der Waals surface area contributed by atoms with Crippen LogP contribution in [0.3, 0.4) is 0 Å². The maximum absolute atomic E-state index is 13.1. The van der Waals surface area contributed by atoms with Crippen LogP contribution in [0.4, 0.5) is 10.1 Å². The van der Waals surface area contributed by atoms with Gasteiger partial charge in [0.2, 0.25) is 0 Å². The van der Waals surface area contributed by atoms with Crippen LogP contribution < -0.4 is 5.73 Å². The molecule has 3 rings (SSSR count). The lowest BCUT2D eigenvalue weighted by molar-refractivity contribution is 0.623. The van der Waals surface area contributed by atoms with Crippen LogP contribution in [0.1, 0.15) is 11.1 Å². The van der Waals surface area contributed by atoms with E-state index in [1.807, 2.05) is 36.0 Å². The van der Waals surface area contributed by atoms with Crippen molar-refractivity contribution in [1.29, 1.82) is 0 Å². The molecule has 2 aromatic carbocycles. The van der Waals surface area contributed by atoms with Gasteiger partial charge in [0.05, 0.1) is 18.3 Å². The van der Waals surface area contributed by atoms with Gasteiger partial charge in [-0.3, -0.25) is 4.68 Å². The normalized spacial score (nSPS) is 11.1. The third-order valence-corrected chi connectivity index (χ3v) is 3.29. The fraction of sp³-hybridized carbons (Fsp3) is 0.133. The van der Waals surface area contributed by atoms with E-state index in [4.69, 9.17) is 5.73 Å². The molecule has 0 saturated carbocycles. The van der Waals surface area contributed by atoms with Crippen LogP contribution in [0.15, 0.2) is 42.6 Å². The molecule has 0 aliphatic rings. The topological polar surface area (TPSA) is 43.8 Å². The maximum atomic E-state index is 13.1. The van der Waals surface area contributed by atoms with E-state index < -0.39 is 0 Å². The molecule has 0 amide bonds. The zero-order valence-electron chi connectivity index (χ0n) is 10.6. The minimum Gasteiger partial charge on any atom is -0.399 e. The molecule has 0 aliphatic carbocycles. The second kappa shape index (κ2) is 4.39. The van der Waals surface area contributed by atoms with Crippen molar-refractivity contribution in [3.63, 3.8) is 0 Å². The average molecular weight is 255 g/mol. The molecule has 1 aromatic heterocycles.